The molecule has 0 saturated carbocycles. The molecule has 5 aromatic rings. The van der Waals surface area contributed by atoms with Crippen molar-refractivity contribution in [2.24, 2.45) is 0 Å². The summed E-state index contributed by atoms with van der Waals surface area (Å²) < 4.78 is 40.1. The second-order valence-electron chi connectivity index (χ2n) is 12.2. The monoisotopic (exact) mass is 644 g/mol. The second kappa shape index (κ2) is 17.2. The first-order chi connectivity index (χ1) is 23.6. The fourth-order valence-electron chi connectivity index (χ4n) is 5.90. The van der Waals surface area contributed by atoms with Gasteiger partial charge < -0.3 is 28.4 Å². The molecule has 6 nitrogen and oxygen atoms in total. The molecule has 1 saturated heterocycles. The van der Waals surface area contributed by atoms with Crippen LogP contribution in [0.3, 0.4) is 0 Å². The molecule has 1 heterocycles. The van der Waals surface area contributed by atoms with Crippen molar-refractivity contribution in [2.75, 3.05) is 6.61 Å². The minimum absolute atomic E-state index is 0.275. The standard InChI is InChI=1S/C42H44O6/c1-31-23-24-37(32(2)25-31)47-42-41(46-29-36-21-13-6-14-22-36)40(45-28-35-19-11-5-12-20-35)39(44-27-34-17-9-4-10-18-34)38(48-42)30-43-26-33-15-7-3-8-16-33/h3-25,38-42H,26-30H2,1-2H3/t38?,39-,40?,41?,42-/m1/s1. The Morgan fingerprint density at radius 2 is 0.958 bits per heavy atom. The highest BCUT2D eigenvalue weighted by Gasteiger charge is 2.50. The molecule has 1 aliphatic heterocycles. The molecule has 1 aliphatic rings. The first kappa shape index (κ1) is 33.6. The van der Waals surface area contributed by atoms with Crippen molar-refractivity contribution in [1.29, 1.82) is 0 Å². The second-order valence-corrected chi connectivity index (χ2v) is 12.2. The van der Waals surface area contributed by atoms with Crippen LogP contribution in [-0.4, -0.2) is 37.3 Å². The third kappa shape index (κ3) is 9.41. The van der Waals surface area contributed by atoms with Crippen LogP contribution in [0.1, 0.15) is 33.4 Å². The zero-order valence-electron chi connectivity index (χ0n) is 27.7. The maximum absolute atomic E-state index is 6.82. The summed E-state index contributed by atoms with van der Waals surface area (Å²) in [6.45, 7) is 5.94. The molecule has 248 valence electrons. The van der Waals surface area contributed by atoms with E-state index >= 15 is 0 Å². The largest absolute Gasteiger partial charge is 0.462 e. The Bertz CT molecular complexity index is 1650. The van der Waals surface area contributed by atoms with Crippen LogP contribution >= 0.6 is 0 Å². The summed E-state index contributed by atoms with van der Waals surface area (Å²) in [5, 5.41) is 0. The molecule has 0 radical (unpaired) electrons. The summed E-state index contributed by atoms with van der Waals surface area (Å²) >= 11 is 0. The molecule has 0 N–H and O–H groups in total. The number of hydrogen-bond donors (Lipinski definition) is 0. The smallest absolute Gasteiger partial charge is 0.229 e. The molecule has 3 unspecified atom stereocenters. The van der Waals surface area contributed by atoms with E-state index in [4.69, 9.17) is 28.4 Å². The molecular formula is C42H44O6. The lowest BCUT2D eigenvalue weighted by atomic mass is 9.97. The van der Waals surface area contributed by atoms with Gasteiger partial charge in [0.25, 0.3) is 0 Å². The van der Waals surface area contributed by atoms with E-state index in [9.17, 15) is 0 Å². The van der Waals surface area contributed by atoms with Crippen LogP contribution in [0.25, 0.3) is 0 Å². The quantitative estimate of drug-likeness (QED) is 0.114. The highest BCUT2D eigenvalue weighted by atomic mass is 16.7. The van der Waals surface area contributed by atoms with Gasteiger partial charge in [-0.3, -0.25) is 0 Å². The molecular weight excluding hydrogens is 600 g/mol. The lowest BCUT2D eigenvalue weighted by Gasteiger charge is -2.45. The van der Waals surface area contributed by atoms with Gasteiger partial charge in [-0.25, -0.2) is 0 Å². The predicted molar refractivity (Wildman–Crippen MR) is 186 cm³/mol. The number of hydrogen-bond acceptors (Lipinski definition) is 6. The average molecular weight is 645 g/mol. The summed E-state index contributed by atoms with van der Waals surface area (Å²) in [5.74, 6) is 0.730. The van der Waals surface area contributed by atoms with E-state index in [2.05, 4.69) is 49.4 Å². The highest BCUT2D eigenvalue weighted by molar-refractivity contribution is 5.36. The Hall–Kier alpha value is -4.30. The predicted octanol–water partition coefficient (Wildman–Crippen LogP) is 8.38. The molecule has 48 heavy (non-hydrogen) atoms. The summed E-state index contributed by atoms with van der Waals surface area (Å²) in [4.78, 5) is 0. The highest BCUT2D eigenvalue weighted by Crippen LogP contribution is 2.33. The number of aryl methyl sites for hydroxylation is 2. The first-order valence-corrected chi connectivity index (χ1v) is 16.6. The minimum atomic E-state index is -0.794. The molecule has 0 spiro atoms. The van der Waals surface area contributed by atoms with Crippen LogP contribution in [0.5, 0.6) is 5.75 Å². The van der Waals surface area contributed by atoms with E-state index in [0.717, 1.165) is 39.1 Å². The SMILES string of the molecule is Cc1ccc(O[C@@H]2OC(COCc3ccccc3)[C@@H](OCc3ccccc3)C(OCc3ccccc3)C2OCc2ccccc2)c(C)c1. The summed E-state index contributed by atoms with van der Waals surface area (Å²) in [5.41, 5.74) is 6.40. The van der Waals surface area contributed by atoms with Crippen LogP contribution in [0.2, 0.25) is 0 Å². The molecule has 5 aromatic carbocycles. The van der Waals surface area contributed by atoms with Gasteiger partial charge in [-0.15, -0.1) is 0 Å². The molecule has 0 aliphatic carbocycles. The van der Waals surface area contributed by atoms with Crippen LogP contribution in [0.4, 0.5) is 0 Å². The summed E-state index contributed by atoms with van der Waals surface area (Å²) in [6, 6.07) is 46.7. The molecule has 6 rings (SSSR count). The first-order valence-electron chi connectivity index (χ1n) is 16.6. The van der Waals surface area contributed by atoms with Crippen molar-refractivity contribution in [1.82, 2.24) is 0 Å². The van der Waals surface area contributed by atoms with Gasteiger partial charge >= 0.3 is 0 Å². The third-order valence-corrected chi connectivity index (χ3v) is 8.41. The molecule has 0 amide bonds. The fourth-order valence-corrected chi connectivity index (χ4v) is 5.90. The van der Waals surface area contributed by atoms with Gasteiger partial charge in [-0.1, -0.05) is 139 Å². The number of ether oxygens (including phenoxy) is 6. The Labute approximate surface area is 284 Å². The van der Waals surface area contributed by atoms with Gasteiger partial charge in [0.1, 0.15) is 30.2 Å². The topological polar surface area (TPSA) is 55.4 Å². The normalized spacial score (nSPS) is 20.8. The van der Waals surface area contributed by atoms with Crippen LogP contribution < -0.4 is 4.74 Å². The lowest BCUT2D eigenvalue weighted by molar-refractivity contribution is -0.310. The van der Waals surface area contributed by atoms with Crippen molar-refractivity contribution in [3.63, 3.8) is 0 Å². The Morgan fingerprint density at radius 3 is 1.46 bits per heavy atom. The van der Waals surface area contributed by atoms with E-state index in [1.54, 1.807) is 0 Å². The zero-order chi connectivity index (χ0) is 33.0. The van der Waals surface area contributed by atoms with Gasteiger partial charge in [-0.2, -0.15) is 0 Å². The molecule has 0 aromatic heterocycles. The van der Waals surface area contributed by atoms with E-state index in [-0.39, 0.29) is 6.61 Å². The number of benzene rings is 5. The zero-order valence-corrected chi connectivity index (χ0v) is 27.7. The van der Waals surface area contributed by atoms with Gasteiger partial charge in [0.05, 0.1) is 33.0 Å². The Kier molecular flexibility index (Phi) is 12.0. The average Bonchev–Trinajstić information content (AvgIpc) is 3.12. The number of rotatable bonds is 15. The van der Waals surface area contributed by atoms with Crippen molar-refractivity contribution >= 4 is 0 Å². The summed E-state index contributed by atoms with van der Waals surface area (Å²) in [6.07, 6.45) is -3.00. The van der Waals surface area contributed by atoms with Crippen LogP contribution in [0.15, 0.2) is 140 Å². The van der Waals surface area contributed by atoms with E-state index in [1.165, 1.54) is 0 Å². The maximum Gasteiger partial charge on any atom is 0.229 e. The molecule has 1 fully saturated rings. The van der Waals surface area contributed by atoms with Crippen molar-refractivity contribution in [3.05, 3.63) is 173 Å². The fraction of sp³-hybridized carbons (Fsp3) is 0.286. The maximum atomic E-state index is 6.82. The van der Waals surface area contributed by atoms with Gasteiger partial charge in [0.15, 0.2) is 0 Å². The van der Waals surface area contributed by atoms with Crippen molar-refractivity contribution < 1.29 is 28.4 Å². The Balaban J connectivity index is 1.33. The lowest BCUT2D eigenvalue weighted by Crippen LogP contribution is -2.62. The van der Waals surface area contributed by atoms with Crippen molar-refractivity contribution in [2.45, 2.75) is 71.0 Å². The van der Waals surface area contributed by atoms with E-state index in [0.29, 0.717) is 26.4 Å². The van der Waals surface area contributed by atoms with E-state index < -0.39 is 30.7 Å². The summed E-state index contributed by atoms with van der Waals surface area (Å²) in [7, 11) is 0. The third-order valence-electron chi connectivity index (χ3n) is 8.41. The van der Waals surface area contributed by atoms with Gasteiger partial charge in [0, 0.05) is 0 Å². The van der Waals surface area contributed by atoms with Crippen molar-refractivity contribution in [3.8, 4) is 5.75 Å². The van der Waals surface area contributed by atoms with Gasteiger partial charge in [0.2, 0.25) is 6.29 Å². The minimum Gasteiger partial charge on any atom is -0.462 e. The van der Waals surface area contributed by atoms with Crippen LogP contribution in [0, 0.1) is 13.8 Å². The van der Waals surface area contributed by atoms with Gasteiger partial charge in [-0.05, 0) is 47.7 Å². The van der Waals surface area contributed by atoms with E-state index in [1.807, 2.05) is 104 Å². The van der Waals surface area contributed by atoms with Crippen LogP contribution in [-0.2, 0) is 50.1 Å². The molecule has 0 bridgehead atoms. The Morgan fingerprint density at radius 1 is 0.500 bits per heavy atom. The molecule has 5 atom stereocenters. The molecule has 6 heteroatoms.